The largest absolute Gasteiger partial charge is 0.302 e. The first-order valence-electron chi connectivity index (χ1n) is 13.4. The van der Waals surface area contributed by atoms with Gasteiger partial charge in [-0.2, -0.15) is 0 Å². The van der Waals surface area contributed by atoms with Crippen molar-refractivity contribution in [3.8, 4) is 0 Å². The van der Waals surface area contributed by atoms with Crippen molar-refractivity contribution < 1.29 is 4.79 Å². The summed E-state index contributed by atoms with van der Waals surface area (Å²) in [5.74, 6) is 3.02. The molecule has 0 amide bonds. The molecule has 3 aliphatic heterocycles. The van der Waals surface area contributed by atoms with Crippen molar-refractivity contribution in [1.29, 1.82) is 0 Å². The molecule has 3 saturated heterocycles. The lowest BCUT2D eigenvalue weighted by molar-refractivity contribution is -0.182. The fourth-order valence-corrected chi connectivity index (χ4v) is 11.2. The van der Waals surface area contributed by atoms with Crippen LogP contribution in [0.4, 0.5) is 0 Å². The summed E-state index contributed by atoms with van der Waals surface area (Å²) in [6.07, 6.45) is 10.5. The van der Waals surface area contributed by atoms with Crippen LogP contribution in [0.2, 0.25) is 0 Å². The summed E-state index contributed by atoms with van der Waals surface area (Å²) >= 11 is 0. The minimum absolute atomic E-state index is 0.0262. The molecular formula is C29H49NO. The molecule has 0 aromatic heterocycles. The van der Waals surface area contributed by atoms with E-state index in [2.05, 4.69) is 60.3 Å². The second-order valence-corrected chi connectivity index (χ2v) is 15.6. The summed E-state index contributed by atoms with van der Waals surface area (Å²) in [6, 6.07) is 0. The zero-order chi connectivity index (χ0) is 22.7. The second-order valence-electron chi connectivity index (χ2n) is 15.6. The highest BCUT2D eigenvalue weighted by Crippen LogP contribution is 2.69. The number of carbonyl (C=O) groups is 1. The van der Waals surface area contributed by atoms with Crippen LogP contribution in [0.3, 0.4) is 0 Å². The third kappa shape index (κ3) is 3.23. The molecule has 176 valence electrons. The second kappa shape index (κ2) is 6.39. The molecule has 8 aliphatic rings. The summed E-state index contributed by atoms with van der Waals surface area (Å²) in [5.41, 5.74) is 2.45. The molecule has 8 bridgehead atoms. The van der Waals surface area contributed by atoms with E-state index in [1.54, 1.807) is 0 Å². The SMILES string of the molecule is CC(C)C12CC3CC(C)(C1)C(=O)C(C)(C3)C2.CC(C)C12CN3CC(C)(CC(C)(C3)C1)C2. The summed E-state index contributed by atoms with van der Waals surface area (Å²) in [6.45, 7) is 23.3. The van der Waals surface area contributed by atoms with Gasteiger partial charge in [-0.25, -0.2) is 0 Å². The van der Waals surface area contributed by atoms with Gasteiger partial charge in [0.1, 0.15) is 5.78 Å². The maximum absolute atomic E-state index is 12.6. The Morgan fingerprint density at radius 2 is 1.16 bits per heavy atom. The molecule has 0 N–H and O–H groups in total. The zero-order valence-electron chi connectivity index (χ0n) is 21.9. The Kier molecular flexibility index (Phi) is 4.63. The summed E-state index contributed by atoms with van der Waals surface area (Å²) < 4.78 is 0. The lowest BCUT2D eigenvalue weighted by Crippen LogP contribution is -2.67. The van der Waals surface area contributed by atoms with Crippen LogP contribution in [0.1, 0.15) is 107 Å². The summed E-state index contributed by atoms with van der Waals surface area (Å²) in [5, 5.41) is 0. The third-order valence-corrected chi connectivity index (χ3v) is 11.4. The number of Topliss-reactive ketones (excluding diaryl/α,β-unsaturated/α-hetero) is 1. The first kappa shape index (κ1) is 22.4. The average molecular weight is 428 g/mol. The molecule has 4 atom stereocenters. The van der Waals surface area contributed by atoms with Crippen LogP contribution in [-0.4, -0.2) is 30.3 Å². The lowest BCUT2D eigenvalue weighted by Gasteiger charge is -2.67. The number of rotatable bonds is 2. The van der Waals surface area contributed by atoms with Gasteiger partial charge >= 0.3 is 0 Å². The molecule has 0 aromatic carbocycles. The minimum Gasteiger partial charge on any atom is -0.302 e. The van der Waals surface area contributed by atoms with Crippen molar-refractivity contribution in [2.24, 2.45) is 50.2 Å². The summed E-state index contributed by atoms with van der Waals surface area (Å²) in [4.78, 5) is 15.3. The van der Waals surface area contributed by atoms with Gasteiger partial charge in [-0.1, -0.05) is 55.4 Å². The van der Waals surface area contributed by atoms with Crippen LogP contribution in [0.5, 0.6) is 0 Å². The first-order chi connectivity index (χ1) is 14.1. The number of hydrogen-bond acceptors (Lipinski definition) is 2. The fraction of sp³-hybridized carbons (Fsp3) is 0.966. The van der Waals surface area contributed by atoms with E-state index >= 15 is 0 Å². The molecule has 31 heavy (non-hydrogen) atoms. The Bertz CT molecular complexity index is 740. The van der Waals surface area contributed by atoms with Gasteiger partial charge in [-0.15, -0.1) is 0 Å². The normalized spacial score (nSPS) is 56.4. The monoisotopic (exact) mass is 427 g/mol. The van der Waals surface area contributed by atoms with Gasteiger partial charge in [0.2, 0.25) is 0 Å². The summed E-state index contributed by atoms with van der Waals surface area (Å²) in [7, 11) is 0. The van der Waals surface area contributed by atoms with Gasteiger partial charge < -0.3 is 4.90 Å². The smallest absolute Gasteiger partial charge is 0.144 e. The van der Waals surface area contributed by atoms with Gasteiger partial charge in [0.15, 0.2) is 0 Å². The topological polar surface area (TPSA) is 20.3 Å². The van der Waals surface area contributed by atoms with E-state index in [-0.39, 0.29) is 10.8 Å². The van der Waals surface area contributed by atoms with E-state index in [1.165, 1.54) is 71.0 Å². The lowest BCUT2D eigenvalue weighted by atomic mass is 9.38. The van der Waals surface area contributed by atoms with Gasteiger partial charge in [0.05, 0.1) is 0 Å². The van der Waals surface area contributed by atoms with Gasteiger partial charge in [0, 0.05) is 30.5 Å². The van der Waals surface area contributed by atoms with E-state index in [0.29, 0.717) is 27.4 Å². The highest BCUT2D eigenvalue weighted by molar-refractivity contribution is 5.92. The van der Waals surface area contributed by atoms with E-state index in [9.17, 15) is 4.79 Å². The third-order valence-electron chi connectivity index (χ3n) is 11.4. The molecule has 8 rings (SSSR count). The Morgan fingerprint density at radius 3 is 1.58 bits per heavy atom. The van der Waals surface area contributed by atoms with Crippen molar-refractivity contribution in [2.45, 2.75) is 107 Å². The van der Waals surface area contributed by atoms with Crippen LogP contribution in [-0.2, 0) is 4.79 Å². The highest BCUT2D eigenvalue weighted by atomic mass is 16.1. The van der Waals surface area contributed by atoms with Crippen molar-refractivity contribution >= 4 is 5.78 Å². The molecule has 0 aromatic rings. The molecule has 5 saturated carbocycles. The van der Waals surface area contributed by atoms with Crippen molar-refractivity contribution in [1.82, 2.24) is 4.90 Å². The zero-order valence-corrected chi connectivity index (χ0v) is 21.9. The number of nitrogens with zero attached hydrogens (tertiary/aromatic N) is 1. The van der Waals surface area contributed by atoms with Gasteiger partial charge in [0.25, 0.3) is 0 Å². The quantitative estimate of drug-likeness (QED) is 0.474. The van der Waals surface area contributed by atoms with Crippen molar-refractivity contribution in [3.05, 3.63) is 0 Å². The van der Waals surface area contributed by atoms with Crippen LogP contribution in [0, 0.1) is 50.2 Å². The Balaban J connectivity index is 0.000000132. The average Bonchev–Trinajstić information content (AvgIpc) is 2.56. The predicted molar refractivity (Wildman–Crippen MR) is 129 cm³/mol. The van der Waals surface area contributed by atoms with E-state index in [4.69, 9.17) is 0 Å². The van der Waals surface area contributed by atoms with Crippen LogP contribution in [0.25, 0.3) is 0 Å². The van der Waals surface area contributed by atoms with Crippen molar-refractivity contribution in [2.75, 3.05) is 19.6 Å². The Labute approximate surface area is 192 Å². The minimum atomic E-state index is 0.0262. The van der Waals surface area contributed by atoms with E-state index in [1.807, 2.05) is 0 Å². The molecule has 4 unspecified atom stereocenters. The van der Waals surface area contributed by atoms with Crippen LogP contribution in [0.15, 0.2) is 0 Å². The van der Waals surface area contributed by atoms with Crippen LogP contribution >= 0.6 is 0 Å². The molecule has 0 radical (unpaired) electrons. The predicted octanol–water partition coefficient (Wildman–Crippen LogP) is 6.97. The van der Waals surface area contributed by atoms with E-state index in [0.717, 1.165) is 17.8 Å². The molecule has 5 aliphatic carbocycles. The van der Waals surface area contributed by atoms with Gasteiger partial charge in [-0.3, -0.25) is 4.79 Å². The first-order valence-corrected chi connectivity index (χ1v) is 13.4. The Hall–Kier alpha value is -0.370. The molecule has 8 fully saturated rings. The maximum atomic E-state index is 12.6. The number of hydrogen-bond donors (Lipinski definition) is 0. The van der Waals surface area contributed by atoms with Gasteiger partial charge in [-0.05, 0) is 90.8 Å². The van der Waals surface area contributed by atoms with E-state index < -0.39 is 0 Å². The number of carbonyl (C=O) groups excluding carboxylic acids is 1. The number of ketones is 1. The van der Waals surface area contributed by atoms with Crippen molar-refractivity contribution in [3.63, 3.8) is 0 Å². The molecule has 3 heterocycles. The molecule has 2 heteroatoms. The molecular weight excluding hydrogens is 378 g/mol. The molecule has 0 spiro atoms. The highest BCUT2D eigenvalue weighted by Gasteiger charge is 2.65. The standard InChI is InChI=1S/C15H24O.C14H25N/c1-10(2)15-7-11-5-13(3,8-15)12(16)14(4,6-11)9-15;1-11(2)14-6-12(3)5-13(4,7-14)9-15(8-12)10-14/h10-11H,5-9H2,1-4H3;11H,5-10H2,1-4H3. The fourth-order valence-electron chi connectivity index (χ4n) is 11.2. The molecule has 2 nitrogen and oxygen atoms in total. The Morgan fingerprint density at radius 1 is 0.677 bits per heavy atom. The number of piperidine rings is 3. The van der Waals surface area contributed by atoms with Crippen LogP contribution < -0.4 is 0 Å². The maximum Gasteiger partial charge on any atom is 0.144 e.